The summed E-state index contributed by atoms with van der Waals surface area (Å²) >= 11 is 1.15. The maximum absolute atomic E-state index is 13.8. The number of hydrogen-bond donors (Lipinski definition) is 0. The molecule has 0 bridgehead atoms. The van der Waals surface area contributed by atoms with Gasteiger partial charge in [-0.3, -0.25) is 4.79 Å². The summed E-state index contributed by atoms with van der Waals surface area (Å²) < 4.78 is 42.2. The van der Waals surface area contributed by atoms with E-state index in [1.807, 2.05) is 24.0 Å². The highest BCUT2D eigenvalue weighted by Gasteiger charge is 2.49. The first kappa shape index (κ1) is 19.9. The van der Waals surface area contributed by atoms with Crippen LogP contribution in [-0.4, -0.2) is 40.3 Å². The molecule has 0 saturated carbocycles. The van der Waals surface area contributed by atoms with Gasteiger partial charge in [-0.15, -0.1) is 0 Å². The smallest absolute Gasteiger partial charge is 0.371 e. The van der Waals surface area contributed by atoms with Gasteiger partial charge < -0.3 is 4.90 Å². The van der Waals surface area contributed by atoms with E-state index in [2.05, 4.69) is 10.1 Å². The van der Waals surface area contributed by atoms with Crippen molar-refractivity contribution in [3.8, 4) is 0 Å². The number of para-hydroxylation sites is 1. The van der Waals surface area contributed by atoms with Crippen molar-refractivity contribution >= 4 is 38.3 Å². The van der Waals surface area contributed by atoms with E-state index in [4.69, 9.17) is 0 Å². The van der Waals surface area contributed by atoms with Gasteiger partial charge in [0.2, 0.25) is 5.13 Å². The minimum atomic E-state index is -4.73. The molecule has 3 heterocycles. The number of hydrogen-bond acceptors (Lipinski definition) is 5. The Kier molecular flexibility index (Phi) is 5.10. The molecule has 1 fully saturated rings. The van der Waals surface area contributed by atoms with Crippen LogP contribution in [-0.2, 0) is 4.79 Å². The van der Waals surface area contributed by atoms with Crippen LogP contribution in [0.2, 0.25) is 0 Å². The molecule has 2 aliphatic rings. The normalized spacial score (nSPS) is 22.4. The molecule has 1 aromatic carbocycles. The Morgan fingerprint density at radius 1 is 1.28 bits per heavy atom. The molecule has 1 atom stereocenters. The van der Waals surface area contributed by atoms with Crippen molar-refractivity contribution in [1.29, 1.82) is 0 Å². The number of carbonyl (C=O) groups is 1. The Hall–Kier alpha value is -2.42. The second-order valence-electron chi connectivity index (χ2n) is 7.24. The number of allylic oxidation sites excluding steroid dienone is 1. The first-order valence-electron chi connectivity index (χ1n) is 9.65. The molecule has 29 heavy (non-hydrogen) atoms. The van der Waals surface area contributed by atoms with Gasteiger partial charge in [0.05, 0.1) is 15.8 Å². The van der Waals surface area contributed by atoms with Crippen molar-refractivity contribution in [2.45, 2.75) is 51.7 Å². The molecular weight excluding hydrogens is 401 g/mol. The van der Waals surface area contributed by atoms with Crippen LogP contribution in [0, 0.1) is 0 Å². The first-order valence-corrected chi connectivity index (χ1v) is 10.5. The number of halogens is 3. The SMILES string of the molecule is CC[C@@H]1CCCCN1/C(C)=C1\C(=O)N(c2nc3ccccc3s2)N=C1C(F)(F)F. The van der Waals surface area contributed by atoms with Crippen LogP contribution in [0.25, 0.3) is 10.2 Å². The predicted molar refractivity (Wildman–Crippen MR) is 108 cm³/mol. The molecular formula is C20H21F3N4OS. The Morgan fingerprint density at radius 3 is 2.72 bits per heavy atom. The van der Waals surface area contributed by atoms with Crippen LogP contribution in [0.3, 0.4) is 0 Å². The van der Waals surface area contributed by atoms with Gasteiger partial charge in [-0.2, -0.15) is 23.3 Å². The van der Waals surface area contributed by atoms with Gasteiger partial charge in [-0.25, -0.2) is 4.98 Å². The minimum Gasteiger partial charge on any atom is -0.371 e. The Balaban J connectivity index is 1.79. The number of hydrazone groups is 1. The Labute approximate surface area is 170 Å². The zero-order valence-electron chi connectivity index (χ0n) is 16.2. The van der Waals surface area contributed by atoms with E-state index in [-0.39, 0.29) is 16.7 Å². The third-order valence-electron chi connectivity index (χ3n) is 5.47. The molecule has 0 N–H and O–H groups in total. The number of carbonyl (C=O) groups excluding carboxylic acids is 1. The largest absolute Gasteiger partial charge is 0.436 e. The number of likely N-dealkylation sites (tertiary alicyclic amines) is 1. The molecule has 5 nitrogen and oxygen atoms in total. The summed E-state index contributed by atoms with van der Waals surface area (Å²) in [7, 11) is 0. The lowest BCUT2D eigenvalue weighted by Gasteiger charge is -2.38. The lowest BCUT2D eigenvalue weighted by atomic mass is 9.97. The zero-order valence-corrected chi connectivity index (χ0v) is 17.0. The van der Waals surface area contributed by atoms with Gasteiger partial charge in [-0.05, 0) is 44.7 Å². The maximum atomic E-state index is 13.8. The van der Waals surface area contributed by atoms with Crippen LogP contribution in [0.4, 0.5) is 18.3 Å². The van der Waals surface area contributed by atoms with E-state index in [1.54, 1.807) is 19.1 Å². The average Bonchev–Trinajstić information content (AvgIpc) is 3.28. The van der Waals surface area contributed by atoms with Crippen LogP contribution < -0.4 is 5.01 Å². The summed E-state index contributed by atoms with van der Waals surface area (Å²) in [5.74, 6) is -0.769. The molecule has 4 rings (SSSR count). The highest BCUT2D eigenvalue weighted by Crippen LogP contribution is 2.38. The molecule has 1 aromatic heterocycles. The number of benzene rings is 1. The van der Waals surface area contributed by atoms with Gasteiger partial charge in [0, 0.05) is 18.3 Å². The summed E-state index contributed by atoms with van der Waals surface area (Å²) in [6, 6.07) is 7.31. The molecule has 0 aliphatic carbocycles. The van der Waals surface area contributed by atoms with Crippen molar-refractivity contribution in [3.05, 3.63) is 35.5 Å². The van der Waals surface area contributed by atoms with Crippen LogP contribution in [0.15, 0.2) is 40.6 Å². The van der Waals surface area contributed by atoms with Gasteiger partial charge in [0.15, 0.2) is 5.71 Å². The van der Waals surface area contributed by atoms with Crippen molar-refractivity contribution in [1.82, 2.24) is 9.88 Å². The van der Waals surface area contributed by atoms with Crippen molar-refractivity contribution in [2.24, 2.45) is 5.10 Å². The Bertz CT molecular complexity index is 978. The zero-order chi connectivity index (χ0) is 20.8. The molecule has 0 unspecified atom stereocenters. The standard InChI is InChI=1S/C20H21F3N4OS/c1-3-13-8-6-7-11-26(13)12(2)16-17(20(21,22)23)25-27(18(16)28)19-24-14-9-4-5-10-15(14)29-19/h4-5,9-10,13H,3,6-8,11H2,1-2H3/b16-12-/t13-/m1/s1. The number of amides is 1. The molecule has 154 valence electrons. The number of piperidine rings is 1. The number of nitrogens with zero attached hydrogens (tertiary/aromatic N) is 4. The first-order chi connectivity index (χ1) is 13.8. The number of thiazole rings is 1. The molecule has 2 aliphatic heterocycles. The van der Waals surface area contributed by atoms with Crippen LogP contribution >= 0.6 is 11.3 Å². The van der Waals surface area contributed by atoms with E-state index in [1.165, 1.54) is 0 Å². The van der Waals surface area contributed by atoms with Gasteiger partial charge in [0.1, 0.15) is 0 Å². The number of fused-ring (bicyclic) bond motifs is 1. The fourth-order valence-corrected chi connectivity index (χ4v) is 4.93. The number of aromatic nitrogens is 1. The number of rotatable bonds is 3. The molecule has 1 amide bonds. The molecule has 1 saturated heterocycles. The second kappa shape index (κ2) is 7.44. The molecule has 2 aromatic rings. The van der Waals surface area contributed by atoms with Crippen molar-refractivity contribution in [2.75, 3.05) is 11.6 Å². The van der Waals surface area contributed by atoms with Gasteiger partial charge in [0.25, 0.3) is 5.91 Å². The van der Waals surface area contributed by atoms with Gasteiger partial charge in [-0.1, -0.05) is 30.4 Å². The summed E-state index contributed by atoms with van der Waals surface area (Å²) in [6.07, 6.45) is -1.05. The highest BCUT2D eigenvalue weighted by atomic mass is 32.1. The fourth-order valence-electron chi connectivity index (χ4n) is 4.02. The van der Waals surface area contributed by atoms with E-state index in [9.17, 15) is 18.0 Å². The summed E-state index contributed by atoms with van der Waals surface area (Å²) in [5, 5.41) is 4.64. The number of anilines is 1. The minimum absolute atomic E-state index is 0.134. The summed E-state index contributed by atoms with van der Waals surface area (Å²) in [4.78, 5) is 19.4. The summed E-state index contributed by atoms with van der Waals surface area (Å²) in [6.45, 7) is 4.27. The van der Waals surface area contributed by atoms with Crippen LogP contribution in [0.1, 0.15) is 39.5 Å². The van der Waals surface area contributed by atoms with Crippen LogP contribution in [0.5, 0.6) is 0 Å². The quantitative estimate of drug-likeness (QED) is 0.647. The fraction of sp³-hybridized carbons (Fsp3) is 0.450. The summed E-state index contributed by atoms with van der Waals surface area (Å²) in [5.41, 5.74) is -0.529. The topological polar surface area (TPSA) is 48.8 Å². The number of alkyl halides is 3. The highest BCUT2D eigenvalue weighted by molar-refractivity contribution is 7.22. The average molecular weight is 422 g/mol. The van der Waals surface area contributed by atoms with Gasteiger partial charge >= 0.3 is 6.18 Å². The predicted octanol–water partition coefficient (Wildman–Crippen LogP) is 5.10. The van der Waals surface area contributed by atoms with E-state index < -0.39 is 17.8 Å². The third-order valence-corrected chi connectivity index (χ3v) is 6.48. The van der Waals surface area contributed by atoms with Crippen molar-refractivity contribution in [3.63, 3.8) is 0 Å². The maximum Gasteiger partial charge on any atom is 0.436 e. The van der Waals surface area contributed by atoms with E-state index in [0.717, 1.165) is 46.7 Å². The molecule has 9 heteroatoms. The van der Waals surface area contributed by atoms with E-state index in [0.29, 0.717) is 17.8 Å². The third kappa shape index (κ3) is 3.52. The lowest BCUT2D eigenvalue weighted by Crippen LogP contribution is -2.40. The van der Waals surface area contributed by atoms with E-state index >= 15 is 0 Å². The van der Waals surface area contributed by atoms with Crippen molar-refractivity contribution < 1.29 is 18.0 Å². The lowest BCUT2D eigenvalue weighted by molar-refractivity contribution is -0.114. The molecule has 0 radical (unpaired) electrons. The Morgan fingerprint density at radius 2 is 2.03 bits per heavy atom. The monoisotopic (exact) mass is 422 g/mol. The second-order valence-corrected chi connectivity index (χ2v) is 8.25. The molecule has 0 spiro atoms.